The SMILES string of the molecule is Cc1cccc(C(=O)CN(C)C(C)CO)c1. The van der Waals surface area contributed by atoms with Crippen molar-refractivity contribution in [1.29, 1.82) is 0 Å². The van der Waals surface area contributed by atoms with Gasteiger partial charge in [0, 0.05) is 11.6 Å². The Morgan fingerprint density at radius 2 is 2.19 bits per heavy atom. The second-order valence-corrected chi connectivity index (χ2v) is 4.24. The molecule has 1 N–H and O–H groups in total. The lowest BCUT2D eigenvalue weighted by molar-refractivity contribution is 0.0890. The highest BCUT2D eigenvalue weighted by Crippen LogP contribution is 2.06. The van der Waals surface area contributed by atoms with E-state index in [4.69, 9.17) is 5.11 Å². The standard InChI is InChI=1S/C13H19NO2/c1-10-5-4-6-12(7-10)13(16)8-14(3)11(2)9-15/h4-7,11,15H,8-9H2,1-3H3. The van der Waals surface area contributed by atoms with Gasteiger partial charge in [-0.15, -0.1) is 0 Å². The van der Waals surface area contributed by atoms with Crippen molar-refractivity contribution in [3.63, 3.8) is 0 Å². The zero-order valence-electron chi connectivity index (χ0n) is 10.1. The van der Waals surface area contributed by atoms with Crippen LogP contribution in [0.15, 0.2) is 24.3 Å². The van der Waals surface area contributed by atoms with Crippen molar-refractivity contribution >= 4 is 5.78 Å². The molecular weight excluding hydrogens is 202 g/mol. The number of ketones is 1. The molecule has 1 unspecified atom stereocenters. The molecule has 0 aliphatic carbocycles. The summed E-state index contributed by atoms with van der Waals surface area (Å²) in [5.41, 5.74) is 1.82. The van der Waals surface area contributed by atoms with E-state index < -0.39 is 0 Å². The molecule has 3 heteroatoms. The quantitative estimate of drug-likeness (QED) is 0.766. The number of hydrogen-bond donors (Lipinski definition) is 1. The van der Waals surface area contributed by atoms with Gasteiger partial charge >= 0.3 is 0 Å². The van der Waals surface area contributed by atoms with Gasteiger partial charge in [-0.2, -0.15) is 0 Å². The van der Waals surface area contributed by atoms with Crippen molar-refractivity contribution in [1.82, 2.24) is 4.90 Å². The molecule has 1 aromatic carbocycles. The van der Waals surface area contributed by atoms with Crippen molar-refractivity contribution in [2.24, 2.45) is 0 Å². The van der Waals surface area contributed by atoms with E-state index in [0.717, 1.165) is 11.1 Å². The Bertz CT molecular complexity index is 363. The molecule has 0 amide bonds. The third-order valence-corrected chi connectivity index (χ3v) is 2.75. The van der Waals surface area contributed by atoms with Crippen LogP contribution in [0.2, 0.25) is 0 Å². The van der Waals surface area contributed by atoms with Crippen LogP contribution in [0.25, 0.3) is 0 Å². The molecule has 0 aliphatic rings. The topological polar surface area (TPSA) is 40.5 Å². The monoisotopic (exact) mass is 221 g/mol. The Morgan fingerprint density at radius 1 is 1.50 bits per heavy atom. The summed E-state index contributed by atoms with van der Waals surface area (Å²) in [4.78, 5) is 13.8. The van der Waals surface area contributed by atoms with E-state index in [9.17, 15) is 4.79 Å². The van der Waals surface area contributed by atoms with E-state index in [1.54, 1.807) is 0 Å². The number of nitrogens with zero attached hydrogens (tertiary/aromatic N) is 1. The molecule has 1 aromatic rings. The van der Waals surface area contributed by atoms with E-state index >= 15 is 0 Å². The molecular formula is C13H19NO2. The van der Waals surface area contributed by atoms with Gasteiger partial charge in [0.25, 0.3) is 0 Å². The molecule has 1 atom stereocenters. The Kier molecular flexibility index (Phi) is 4.65. The summed E-state index contributed by atoms with van der Waals surface area (Å²) in [6, 6.07) is 7.58. The van der Waals surface area contributed by atoms with E-state index in [1.165, 1.54) is 0 Å². The first-order valence-electron chi connectivity index (χ1n) is 5.45. The maximum absolute atomic E-state index is 11.9. The molecule has 0 fully saturated rings. The molecule has 0 saturated carbocycles. The minimum atomic E-state index is 0.00811. The van der Waals surface area contributed by atoms with Gasteiger partial charge in [0.15, 0.2) is 5.78 Å². The van der Waals surface area contributed by atoms with Crippen LogP contribution in [0.1, 0.15) is 22.8 Å². The summed E-state index contributed by atoms with van der Waals surface area (Å²) in [6.07, 6.45) is 0. The highest BCUT2D eigenvalue weighted by Gasteiger charge is 2.13. The first kappa shape index (κ1) is 12.9. The van der Waals surface area contributed by atoms with Gasteiger partial charge in [0.1, 0.15) is 0 Å². The average Bonchev–Trinajstić information content (AvgIpc) is 2.27. The van der Waals surface area contributed by atoms with Gasteiger partial charge in [-0.3, -0.25) is 9.69 Å². The largest absolute Gasteiger partial charge is 0.395 e. The highest BCUT2D eigenvalue weighted by atomic mass is 16.3. The number of benzene rings is 1. The zero-order chi connectivity index (χ0) is 12.1. The third kappa shape index (κ3) is 3.43. The molecule has 0 radical (unpaired) electrons. The normalized spacial score (nSPS) is 12.8. The summed E-state index contributed by atoms with van der Waals surface area (Å²) in [6.45, 7) is 4.27. The number of aryl methyl sites for hydroxylation is 1. The number of Topliss-reactive ketones (excluding diaryl/α,β-unsaturated/α-hetero) is 1. The van der Waals surface area contributed by atoms with Crippen LogP contribution in [0.5, 0.6) is 0 Å². The fraction of sp³-hybridized carbons (Fsp3) is 0.462. The molecule has 0 bridgehead atoms. The summed E-state index contributed by atoms with van der Waals surface area (Å²) in [5.74, 6) is 0.0894. The lowest BCUT2D eigenvalue weighted by atomic mass is 10.1. The summed E-state index contributed by atoms with van der Waals surface area (Å²) in [7, 11) is 1.84. The predicted octanol–water partition coefficient (Wildman–Crippen LogP) is 1.49. The van der Waals surface area contributed by atoms with Crippen molar-refractivity contribution in [2.75, 3.05) is 20.2 Å². The molecule has 0 saturated heterocycles. The summed E-state index contributed by atoms with van der Waals surface area (Å²) < 4.78 is 0. The maximum Gasteiger partial charge on any atom is 0.176 e. The lowest BCUT2D eigenvalue weighted by Crippen LogP contribution is -2.36. The molecule has 88 valence electrons. The maximum atomic E-state index is 11.9. The Hall–Kier alpha value is -1.19. The molecule has 16 heavy (non-hydrogen) atoms. The van der Waals surface area contributed by atoms with Gasteiger partial charge in [0.05, 0.1) is 13.2 Å². The van der Waals surface area contributed by atoms with Crippen LogP contribution in [-0.2, 0) is 0 Å². The number of carbonyl (C=O) groups is 1. The zero-order valence-corrected chi connectivity index (χ0v) is 10.1. The molecule has 0 spiro atoms. The Labute approximate surface area is 96.7 Å². The molecule has 0 heterocycles. The molecule has 0 aliphatic heterocycles. The third-order valence-electron chi connectivity index (χ3n) is 2.75. The molecule has 3 nitrogen and oxygen atoms in total. The fourth-order valence-corrected chi connectivity index (χ4v) is 1.43. The number of aliphatic hydroxyl groups excluding tert-OH is 1. The van der Waals surface area contributed by atoms with Crippen LogP contribution < -0.4 is 0 Å². The molecule has 0 aromatic heterocycles. The Balaban J connectivity index is 2.66. The van der Waals surface area contributed by atoms with E-state index in [1.807, 2.05) is 50.1 Å². The lowest BCUT2D eigenvalue weighted by Gasteiger charge is -2.21. The number of likely N-dealkylation sites (N-methyl/N-ethyl adjacent to an activating group) is 1. The van der Waals surface area contributed by atoms with Crippen LogP contribution in [0.3, 0.4) is 0 Å². The van der Waals surface area contributed by atoms with E-state index in [0.29, 0.717) is 6.54 Å². The number of rotatable bonds is 5. The van der Waals surface area contributed by atoms with Gasteiger partial charge in [-0.05, 0) is 27.0 Å². The van der Waals surface area contributed by atoms with E-state index in [-0.39, 0.29) is 18.4 Å². The minimum absolute atomic E-state index is 0.00811. The van der Waals surface area contributed by atoms with Gasteiger partial charge in [-0.1, -0.05) is 23.8 Å². The second-order valence-electron chi connectivity index (χ2n) is 4.24. The van der Waals surface area contributed by atoms with Gasteiger partial charge in [0.2, 0.25) is 0 Å². The molecule has 1 rings (SSSR count). The number of carbonyl (C=O) groups excluding carboxylic acids is 1. The van der Waals surface area contributed by atoms with Crippen molar-refractivity contribution in [3.05, 3.63) is 35.4 Å². The average molecular weight is 221 g/mol. The van der Waals surface area contributed by atoms with Crippen molar-refractivity contribution < 1.29 is 9.90 Å². The van der Waals surface area contributed by atoms with Crippen LogP contribution in [0, 0.1) is 6.92 Å². The number of hydrogen-bond acceptors (Lipinski definition) is 3. The smallest absolute Gasteiger partial charge is 0.176 e. The van der Waals surface area contributed by atoms with Gasteiger partial charge in [-0.25, -0.2) is 0 Å². The second kappa shape index (κ2) is 5.77. The Morgan fingerprint density at radius 3 is 2.75 bits per heavy atom. The van der Waals surface area contributed by atoms with Crippen LogP contribution in [0.4, 0.5) is 0 Å². The fourth-order valence-electron chi connectivity index (χ4n) is 1.43. The number of aliphatic hydroxyl groups is 1. The van der Waals surface area contributed by atoms with E-state index in [2.05, 4.69) is 0 Å². The highest BCUT2D eigenvalue weighted by molar-refractivity contribution is 5.97. The first-order chi connectivity index (χ1) is 7.54. The van der Waals surface area contributed by atoms with Crippen molar-refractivity contribution in [3.8, 4) is 0 Å². The summed E-state index contributed by atoms with van der Waals surface area (Å²) in [5, 5.41) is 8.98. The van der Waals surface area contributed by atoms with Crippen molar-refractivity contribution in [2.45, 2.75) is 19.9 Å². The first-order valence-corrected chi connectivity index (χ1v) is 5.45. The summed E-state index contributed by atoms with van der Waals surface area (Å²) >= 11 is 0. The predicted molar refractivity (Wildman–Crippen MR) is 64.7 cm³/mol. The van der Waals surface area contributed by atoms with Crippen LogP contribution >= 0.6 is 0 Å². The minimum Gasteiger partial charge on any atom is -0.395 e. The van der Waals surface area contributed by atoms with Crippen LogP contribution in [-0.4, -0.2) is 42.0 Å². The van der Waals surface area contributed by atoms with Gasteiger partial charge < -0.3 is 5.11 Å².